The smallest absolute Gasteiger partial charge is 0.306 e. The van der Waals surface area contributed by atoms with Crippen LogP contribution in [0.5, 0.6) is 0 Å². The molecule has 0 amide bonds. The number of allylic oxidation sites excluding steroid dienone is 16. The Balaban J connectivity index is 4.24. The molecule has 0 aromatic carbocycles. The van der Waals surface area contributed by atoms with Crippen LogP contribution < -0.4 is 0 Å². The molecule has 0 rings (SSSR count). The summed E-state index contributed by atoms with van der Waals surface area (Å²) in [5.74, 6) is -0.872. The van der Waals surface area contributed by atoms with Gasteiger partial charge in [0.05, 0.1) is 0 Å². The molecule has 1 unspecified atom stereocenters. The van der Waals surface area contributed by atoms with E-state index in [1.807, 2.05) is 0 Å². The third-order valence-electron chi connectivity index (χ3n) is 14.6. The summed E-state index contributed by atoms with van der Waals surface area (Å²) in [5.41, 5.74) is 0. The Bertz CT molecular complexity index is 1540. The van der Waals surface area contributed by atoms with E-state index in [2.05, 4.69) is 118 Å². The van der Waals surface area contributed by atoms with E-state index in [4.69, 9.17) is 14.2 Å². The Morgan fingerprint density at radius 2 is 0.494 bits per heavy atom. The van der Waals surface area contributed by atoms with Gasteiger partial charge < -0.3 is 14.2 Å². The molecule has 0 saturated heterocycles. The molecule has 0 aliphatic rings. The van der Waals surface area contributed by atoms with Gasteiger partial charge in [0.2, 0.25) is 0 Å². The van der Waals surface area contributed by atoms with Gasteiger partial charge in [-0.3, -0.25) is 14.4 Å². The van der Waals surface area contributed by atoms with Gasteiger partial charge in [0, 0.05) is 19.3 Å². The van der Waals surface area contributed by atoms with Crippen LogP contribution in [0.15, 0.2) is 97.2 Å². The number of unbranched alkanes of at least 4 members (excludes halogenated alkanes) is 34. The summed E-state index contributed by atoms with van der Waals surface area (Å²) >= 11 is 0. The van der Waals surface area contributed by atoms with Crippen LogP contribution in [-0.2, 0) is 28.6 Å². The molecule has 0 N–H and O–H groups in total. The lowest BCUT2D eigenvalue weighted by molar-refractivity contribution is -0.167. The van der Waals surface area contributed by atoms with Gasteiger partial charge in [-0.25, -0.2) is 0 Å². The third-order valence-corrected chi connectivity index (χ3v) is 14.6. The van der Waals surface area contributed by atoms with Crippen LogP contribution in [0.3, 0.4) is 0 Å². The first-order chi connectivity index (χ1) is 39.0. The Kier molecular flexibility index (Phi) is 63.7. The summed E-state index contributed by atoms with van der Waals surface area (Å²) in [7, 11) is 0. The second kappa shape index (κ2) is 66.8. The maximum Gasteiger partial charge on any atom is 0.306 e. The predicted octanol–water partition coefficient (Wildman–Crippen LogP) is 23.2. The van der Waals surface area contributed by atoms with Crippen molar-refractivity contribution < 1.29 is 28.6 Å². The van der Waals surface area contributed by atoms with Crippen LogP contribution in [0.2, 0.25) is 0 Å². The minimum atomic E-state index is -0.780. The summed E-state index contributed by atoms with van der Waals surface area (Å²) in [6.07, 6.45) is 89.9. The Hall–Kier alpha value is -3.67. The topological polar surface area (TPSA) is 78.9 Å². The van der Waals surface area contributed by atoms with Gasteiger partial charge in [0.15, 0.2) is 6.10 Å². The van der Waals surface area contributed by atoms with Crippen molar-refractivity contribution in [3.63, 3.8) is 0 Å². The minimum Gasteiger partial charge on any atom is -0.462 e. The van der Waals surface area contributed by atoms with Crippen molar-refractivity contribution in [3.05, 3.63) is 97.2 Å². The molecular weight excluding hydrogens is 973 g/mol. The number of hydrogen-bond donors (Lipinski definition) is 0. The lowest BCUT2D eigenvalue weighted by Gasteiger charge is -2.18. The molecule has 454 valence electrons. The van der Waals surface area contributed by atoms with Crippen molar-refractivity contribution >= 4 is 17.9 Å². The van der Waals surface area contributed by atoms with E-state index in [-0.39, 0.29) is 31.1 Å². The first-order valence-corrected chi connectivity index (χ1v) is 33.7. The molecule has 6 nitrogen and oxygen atoms in total. The molecule has 0 bridgehead atoms. The second-order valence-corrected chi connectivity index (χ2v) is 22.4. The number of ether oxygens (including phenoxy) is 3. The highest BCUT2D eigenvalue weighted by atomic mass is 16.6. The zero-order valence-electron chi connectivity index (χ0n) is 52.1. The van der Waals surface area contributed by atoms with Crippen LogP contribution in [0.4, 0.5) is 0 Å². The predicted molar refractivity (Wildman–Crippen MR) is 344 cm³/mol. The molecule has 0 aromatic rings. The van der Waals surface area contributed by atoms with Crippen LogP contribution in [0.25, 0.3) is 0 Å². The van der Waals surface area contributed by atoms with Crippen molar-refractivity contribution in [3.8, 4) is 0 Å². The Morgan fingerprint density at radius 1 is 0.266 bits per heavy atom. The van der Waals surface area contributed by atoms with Gasteiger partial charge in [-0.2, -0.15) is 0 Å². The summed E-state index contributed by atoms with van der Waals surface area (Å²) < 4.78 is 16.9. The van der Waals surface area contributed by atoms with Crippen molar-refractivity contribution in [2.75, 3.05) is 13.2 Å². The summed E-state index contributed by atoms with van der Waals surface area (Å²) in [5, 5.41) is 0. The van der Waals surface area contributed by atoms with Gasteiger partial charge in [0.1, 0.15) is 13.2 Å². The molecule has 0 fully saturated rings. The van der Waals surface area contributed by atoms with E-state index in [1.54, 1.807) is 0 Å². The summed E-state index contributed by atoms with van der Waals surface area (Å²) in [6, 6.07) is 0. The first-order valence-electron chi connectivity index (χ1n) is 33.7. The number of hydrogen-bond acceptors (Lipinski definition) is 6. The Labute approximate surface area is 489 Å². The maximum absolute atomic E-state index is 12.9. The van der Waals surface area contributed by atoms with Gasteiger partial charge in [-0.1, -0.05) is 304 Å². The molecule has 1 atom stereocenters. The van der Waals surface area contributed by atoms with Gasteiger partial charge in [0.25, 0.3) is 0 Å². The van der Waals surface area contributed by atoms with Gasteiger partial charge >= 0.3 is 17.9 Å². The molecule has 6 heteroatoms. The molecule has 0 aromatic heterocycles. The summed E-state index contributed by atoms with van der Waals surface area (Å²) in [4.78, 5) is 38.3. The average Bonchev–Trinajstić information content (AvgIpc) is 3.45. The van der Waals surface area contributed by atoms with Crippen molar-refractivity contribution in [2.45, 2.75) is 335 Å². The maximum atomic E-state index is 12.9. The standard InChI is InChI=1S/C73H126O6/c1-4-7-10-13-16-19-22-24-26-28-30-31-32-33-34-35-36-37-38-39-40-41-43-44-46-48-51-54-57-60-63-66-72(75)78-69-70(68-77-71(74)65-62-59-56-53-50-21-18-15-12-9-6-3)79-73(76)67-64-61-58-55-52-49-47-45-42-29-27-25-23-20-17-14-11-8-5-2/h7,10,16,19,24-27,30-31,33-34,36-37,39-40,70H,4-6,8-9,11-15,17-18,20-23,28-29,32,35,38,41-69H2,1-3H3/b10-7-,19-16-,26-24-,27-25-,31-30-,34-33-,37-36-,40-39-. The quantitative estimate of drug-likeness (QED) is 0.0261. The number of carbonyl (C=O) groups is 3. The van der Waals surface area contributed by atoms with E-state index in [9.17, 15) is 14.4 Å². The SMILES string of the molecule is CC/C=C\C/C=C\C/C=C\C/C=C\C/C=C\C/C=C\C/C=C\CCCCCCCCCCCC(=O)OCC(COC(=O)CCCCCCCCCCCCC)OC(=O)CCCCCCCCCCC/C=C\CCCCCCCC. The second-order valence-electron chi connectivity index (χ2n) is 22.4. The lowest BCUT2D eigenvalue weighted by atomic mass is 10.1. The molecular formula is C73H126O6. The highest BCUT2D eigenvalue weighted by Gasteiger charge is 2.19. The van der Waals surface area contributed by atoms with E-state index in [1.165, 1.54) is 180 Å². The number of rotatable bonds is 61. The number of carbonyl (C=O) groups excluding carboxylic acids is 3. The van der Waals surface area contributed by atoms with Crippen LogP contribution in [-0.4, -0.2) is 37.2 Å². The average molecular weight is 1100 g/mol. The van der Waals surface area contributed by atoms with Gasteiger partial charge in [-0.15, -0.1) is 0 Å². The minimum absolute atomic E-state index is 0.0763. The zero-order chi connectivity index (χ0) is 57.1. The third kappa shape index (κ3) is 65.0. The van der Waals surface area contributed by atoms with Crippen molar-refractivity contribution in [1.82, 2.24) is 0 Å². The molecule has 0 spiro atoms. The highest BCUT2D eigenvalue weighted by Crippen LogP contribution is 2.17. The monoisotopic (exact) mass is 1100 g/mol. The fourth-order valence-corrected chi connectivity index (χ4v) is 9.54. The van der Waals surface area contributed by atoms with E-state index in [0.29, 0.717) is 19.3 Å². The molecule has 0 radical (unpaired) electrons. The molecule has 79 heavy (non-hydrogen) atoms. The highest BCUT2D eigenvalue weighted by molar-refractivity contribution is 5.71. The van der Waals surface area contributed by atoms with Crippen molar-refractivity contribution in [2.24, 2.45) is 0 Å². The number of esters is 3. The molecule has 0 heterocycles. The van der Waals surface area contributed by atoms with E-state index >= 15 is 0 Å². The van der Waals surface area contributed by atoms with E-state index < -0.39 is 6.10 Å². The first kappa shape index (κ1) is 75.3. The fraction of sp³-hybridized carbons (Fsp3) is 0.740. The molecule has 0 aliphatic carbocycles. The lowest BCUT2D eigenvalue weighted by Crippen LogP contribution is -2.30. The van der Waals surface area contributed by atoms with Crippen molar-refractivity contribution in [1.29, 1.82) is 0 Å². The fourth-order valence-electron chi connectivity index (χ4n) is 9.54. The largest absolute Gasteiger partial charge is 0.462 e. The van der Waals surface area contributed by atoms with E-state index in [0.717, 1.165) is 109 Å². The summed E-state index contributed by atoms with van der Waals surface area (Å²) in [6.45, 7) is 6.54. The Morgan fingerprint density at radius 3 is 0.785 bits per heavy atom. The van der Waals surface area contributed by atoms with Crippen LogP contribution >= 0.6 is 0 Å². The zero-order valence-corrected chi connectivity index (χ0v) is 52.1. The molecule has 0 saturated carbocycles. The van der Waals surface area contributed by atoms with Crippen LogP contribution in [0, 0.1) is 0 Å². The normalized spacial score (nSPS) is 12.7. The van der Waals surface area contributed by atoms with Crippen LogP contribution in [0.1, 0.15) is 329 Å². The van der Waals surface area contributed by atoms with Gasteiger partial charge in [-0.05, 0) is 103 Å². The molecule has 0 aliphatic heterocycles.